The summed E-state index contributed by atoms with van der Waals surface area (Å²) in [7, 11) is -7.92. The lowest BCUT2D eigenvalue weighted by Gasteiger charge is -2.09. The van der Waals surface area contributed by atoms with Gasteiger partial charge in [-0.15, -0.1) is 0 Å². The van der Waals surface area contributed by atoms with Gasteiger partial charge in [0.25, 0.3) is 7.73 Å². The number of rotatable bonds is 8. The molecule has 0 N–H and O–H groups in total. The predicted octanol–water partition coefficient (Wildman–Crippen LogP) is 0.575. The van der Waals surface area contributed by atoms with Crippen LogP contribution in [0, 0.1) is 0 Å². The summed E-state index contributed by atoms with van der Waals surface area (Å²) in [6, 6.07) is 0. The molecule has 0 atom stereocenters. The summed E-state index contributed by atoms with van der Waals surface area (Å²) in [5.41, 5.74) is 0. The van der Waals surface area contributed by atoms with Gasteiger partial charge in [-0.1, -0.05) is 0 Å². The van der Waals surface area contributed by atoms with Crippen LogP contribution in [-0.4, -0.2) is 54.1 Å². The van der Waals surface area contributed by atoms with Crippen molar-refractivity contribution in [3.63, 3.8) is 0 Å². The van der Waals surface area contributed by atoms with Crippen molar-refractivity contribution in [3.8, 4) is 0 Å². The second-order valence-corrected chi connectivity index (χ2v) is 9.43. The average molecular weight is 313 g/mol. The number of sulfone groups is 2. The Hall–Kier alpha value is 0.540. The van der Waals surface area contributed by atoms with Gasteiger partial charge in [0.2, 0.25) is 0 Å². The first kappa shape index (κ1) is 16.5. The van der Waals surface area contributed by atoms with Crippen molar-refractivity contribution in [3.05, 3.63) is 0 Å². The van der Waals surface area contributed by atoms with Crippen molar-refractivity contribution in [1.82, 2.24) is 0 Å². The van der Waals surface area contributed by atoms with Crippen LogP contribution in [0.4, 0.5) is 0 Å². The molecule has 0 saturated heterocycles. The van der Waals surface area contributed by atoms with E-state index in [4.69, 9.17) is 20.3 Å². The number of halogens is 1. The molecule has 6 nitrogen and oxygen atoms in total. The van der Waals surface area contributed by atoms with E-state index in [1.165, 1.54) is 0 Å². The summed E-state index contributed by atoms with van der Waals surface area (Å²) in [4.78, 5) is 0. The third-order valence-corrected chi connectivity index (χ3v) is 4.47. The van der Waals surface area contributed by atoms with E-state index in [1.54, 1.807) is 0 Å². The second kappa shape index (κ2) is 7.08. The molecule has 0 saturated carbocycles. The van der Waals surface area contributed by atoms with Crippen LogP contribution in [0.3, 0.4) is 0 Å². The van der Waals surface area contributed by atoms with E-state index in [0.717, 1.165) is 12.5 Å². The Bertz CT molecular complexity index is 353. The zero-order valence-electron chi connectivity index (χ0n) is 8.92. The molecular weight excluding hydrogens is 299 g/mol. The minimum atomic E-state index is -3.09. The Morgan fingerprint density at radius 3 is 1.50 bits per heavy atom. The Labute approximate surface area is 102 Å². The standard InChI is InChI=1S/C6H14ClO6PS2/c1-15(8,9)5-3-12-14(7)13-4-6-16(2,10)11/h3-6H2,1-2H3. The van der Waals surface area contributed by atoms with E-state index in [-0.39, 0.29) is 24.7 Å². The van der Waals surface area contributed by atoms with Crippen LogP contribution in [0.25, 0.3) is 0 Å². The summed E-state index contributed by atoms with van der Waals surface area (Å²) < 4.78 is 52.6. The second-order valence-electron chi connectivity index (χ2n) is 3.14. The van der Waals surface area contributed by atoms with Gasteiger partial charge in [0.05, 0.1) is 24.7 Å². The van der Waals surface area contributed by atoms with Gasteiger partial charge < -0.3 is 9.05 Å². The smallest absolute Gasteiger partial charge is 0.276 e. The molecule has 0 aromatic heterocycles. The molecule has 0 aliphatic heterocycles. The van der Waals surface area contributed by atoms with Crippen LogP contribution in [0.15, 0.2) is 0 Å². The third kappa shape index (κ3) is 12.6. The largest absolute Gasteiger partial charge is 0.321 e. The number of hydrogen-bond donors (Lipinski definition) is 0. The van der Waals surface area contributed by atoms with E-state index in [0.29, 0.717) is 0 Å². The van der Waals surface area contributed by atoms with Gasteiger partial charge >= 0.3 is 0 Å². The Kier molecular flexibility index (Phi) is 7.32. The van der Waals surface area contributed by atoms with Crippen molar-refractivity contribution in [2.75, 3.05) is 37.2 Å². The van der Waals surface area contributed by atoms with Crippen molar-refractivity contribution in [2.45, 2.75) is 0 Å². The van der Waals surface area contributed by atoms with Crippen LogP contribution in [-0.2, 0) is 28.7 Å². The molecule has 0 aliphatic carbocycles. The monoisotopic (exact) mass is 312 g/mol. The molecule has 0 fully saturated rings. The van der Waals surface area contributed by atoms with Gasteiger partial charge in [-0.2, -0.15) is 0 Å². The highest BCUT2D eigenvalue weighted by Gasteiger charge is 2.10. The van der Waals surface area contributed by atoms with Gasteiger partial charge in [0.1, 0.15) is 19.7 Å². The lowest BCUT2D eigenvalue weighted by atomic mass is 10.9. The first-order valence-electron chi connectivity index (χ1n) is 4.17. The minimum absolute atomic E-state index is 0.0626. The summed E-state index contributed by atoms with van der Waals surface area (Å²) in [6.07, 6.45) is 2.16. The molecule has 0 unspecified atom stereocenters. The zero-order chi connectivity index (χ0) is 12.8. The molecule has 0 bridgehead atoms. The normalized spacial score (nSPS) is 13.2. The number of hydrogen-bond acceptors (Lipinski definition) is 6. The van der Waals surface area contributed by atoms with E-state index < -0.39 is 27.4 Å². The molecule has 10 heteroatoms. The molecular formula is C6H14ClO6PS2. The van der Waals surface area contributed by atoms with Gasteiger partial charge in [-0.25, -0.2) is 16.8 Å². The molecule has 0 aliphatic rings. The van der Waals surface area contributed by atoms with Gasteiger partial charge in [0, 0.05) is 12.5 Å². The minimum Gasteiger partial charge on any atom is -0.321 e. The first-order valence-corrected chi connectivity index (χ1v) is 10.4. The zero-order valence-corrected chi connectivity index (χ0v) is 12.2. The van der Waals surface area contributed by atoms with Crippen LogP contribution < -0.4 is 0 Å². The van der Waals surface area contributed by atoms with E-state index in [9.17, 15) is 16.8 Å². The van der Waals surface area contributed by atoms with Crippen LogP contribution in [0.2, 0.25) is 0 Å². The summed E-state index contributed by atoms with van der Waals surface area (Å²) >= 11 is 5.57. The maximum absolute atomic E-state index is 10.7. The Morgan fingerprint density at radius 2 is 1.25 bits per heavy atom. The fourth-order valence-corrected chi connectivity index (χ4v) is 2.54. The molecule has 0 heterocycles. The highest BCUT2D eigenvalue weighted by molar-refractivity contribution is 7.91. The van der Waals surface area contributed by atoms with E-state index >= 15 is 0 Å². The van der Waals surface area contributed by atoms with Crippen LogP contribution >= 0.6 is 19.0 Å². The summed E-state index contributed by atoms with van der Waals surface area (Å²) in [5, 5.41) is 0. The molecule has 0 rings (SSSR count). The quantitative estimate of drug-likeness (QED) is 0.609. The third-order valence-electron chi connectivity index (χ3n) is 1.29. The van der Waals surface area contributed by atoms with E-state index in [1.807, 2.05) is 0 Å². The van der Waals surface area contributed by atoms with Crippen LogP contribution in [0.5, 0.6) is 0 Å². The topological polar surface area (TPSA) is 86.7 Å². The van der Waals surface area contributed by atoms with E-state index in [2.05, 4.69) is 0 Å². The molecule has 98 valence electrons. The highest BCUT2D eigenvalue weighted by Crippen LogP contribution is 2.43. The molecule has 0 radical (unpaired) electrons. The summed E-state index contributed by atoms with van der Waals surface area (Å²) in [5.74, 6) is -0.290. The van der Waals surface area contributed by atoms with Crippen molar-refractivity contribution < 1.29 is 25.9 Å². The van der Waals surface area contributed by atoms with Gasteiger partial charge in [-0.3, -0.25) is 0 Å². The summed E-state index contributed by atoms with van der Waals surface area (Å²) in [6.45, 7) is -0.125. The van der Waals surface area contributed by atoms with Crippen molar-refractivity contribution in [1.29, 1.82) is 0 Å². The fourth-order valence-electron chi connectivity index (χ4n) is 0.558. The van der Waals surface area contributed by atoms with Crippen molar-refractivity contribution in [2.24, 2.45) is 0 Å². The lowest BCUT2D eigenvalue weighted by Crippen LogP contribution is -2.10. The molecule has 0 aromatic rings. The molecule has 16 heavy (non-hydrogen) atoms. The fraction of sp³-hybridized carbons (Fsp3) is 1.00. The van der Waals surface area contributed by atoms with Gasteiger partial charge in [-0.05, 0) is 11.2 Å². The Balaban J connectivity index is 3.64. The predicted molar refractivity (Wildman–Crippen MR) is 64.1 cm³/mol. The lowest BCUT2D eigenvalue weighted by molar-refractivity contribution is 0.283. The highest BCUT2D eigenvalue weighted by atomic mass is 35.7. The van der Waals surface area contributed by atoms with Crippen LogP contribution in [0.1, 0.15) is 0 Å². The first-order chi connectivity index (χ1) is 7.10. The SMILES string of the molecule is CS(=O)(=O)CCOP(Cl)OCCS(C)(=O)=O. The average Bonchev–Trinajstić information content (AvgIpc) is 1.98. The molecule has 0 aromatic carbocycles. The van der Waals surface area contributed by atoms with Gasteiger partial charge in [0.15, 0.2) is 0 Å². The maximum Gasteiger partial charge on any atom is 0.276 e. The molecule has 0 amide bonds. The maximum atomic E-state index is 10.7. The Morgan fingerprint density at radius 1 is 0.938 bits per heavy atom. The van der Waals surface area contributed by atoms with Crippen molar-refractivity contribution >= 4 is 38.6 Å². The molecule has 0 spiro atoms.